The third kappa shape index (κ3) is 3.90. The highest BCUT2D eigenvalue weighted by atomic mass is 32.1. The molecule has 3 aromatic rings. The van der Waals surface area contributed by atoms with Crippen LogP contribution < -0.4 is 21.0 Å². The normalized spacial score (nSPS) is 18.4. The number of carbonyl (C=O) groups is 1. The molecule has 3 aromatic heterocycles. The number of aryl methyl sites for hydroxylation is 1. The molecule has 3 N–H and O–H groups in total. The summed E-state index contributed by atoms with van der Waals surface area (Å²) in [5, 5.41) is 28.2. The molecule has 4 heterocycles. The molecule has 1 amide bonds. The number of methoxy groups -OCH3 is 1. The van der Waals surface area contributed by atoms with Crippen LogP contribution in [0.2, 0.25) is 0 Å². The number of hydrogen-bond acceptors (Lipinski definition) is 11. The van der Waals surface area contributed by atoms with Crippen molar-refractivity contribution in [1.29, 1.82) is 0 Å². The van der Waals surface area contributed by atoms with Crippen molar-refractivity contribution < 1.29 is 23.8 Å². The summed E-state index contributed by atoms with van der Waals surface area (Å²) in [4.78, 5) is 24.9. The Morgan fingerprint density at radius 3 is 2.90 bits per heavy atom. The summed E-state index contributed by atoms with van der Waals surface area (Å²) < 4.78 is 16.9. The van der Waals surface area contributed by atoms with Crippen molar-refractivity contribution in [3.05, 3.63) is 40.2 Å². The van der Waals surface area contributed by atoms with Gasteiger partial charge in [-0.2, -0.15) is 5.10 Å². The number of aliphatic hydroxyl groups excluding tert-OH is 1. The molecule has 2 atom stereocenters. The lowest BCUT2D eigenvalue weighted by Crippen LogP contribution is -2.32. The molecule has 0 radical (unpaired) electrons. The van der Waals surface area contributed by atoms with E-state index >= 15 is 0 Å². The Morgan fingerprint density at radius 2 is 2.23 bits per heavy atom. The number of nitrogens with one attached hydrogen (secondary N) is 2. The lowest BCUT2D eigenvalue weighted by molar-refractivity contribution is 0.0991. The molecule has 1 aliphatic heterocycles. The van der Waals surface area contributed by atoms with E-state index in [1.807, 2.05) is 13.0 Å². The first kappa shape index (κ1) is 20.0. The Hall–Kier alpha value is -3.29. The van der Waals surface area contributed by atoms with E-state index in [-0.39, 0.29) is 35.5 Å². The second-order valence-electron chi connectivity index (χ2n) is 6.43. The Bertz CT molecular complexity index is 1120. The molecule has 4 rings (SSSR count). The van der Waals surface area contributed by atoms with E-state index in [2.05, 4.69) is 25.9 Å². The molecule has 0 bridgehead atoms. The summed E-state index contributed by atoms with van der Waals surface area (Å²) in [6.45, 7) is 2.27. The Kier molecular flexibility index (Phi) is 5.48. The van der Waals surface area contributed by atoms with Gasteiger partial charge in [0.2, 0.25) is 16.0 Å². The molecular formula is C17H18N6O6S. The van der Waals surface area contributed by atoms with Gasteiger partial charge in [0.25, 0.3) is 5.91 Å². The van der Waals surface area contributed by atoms with Crippen LogP contribution in [0.4, 0.5) is 10.8 Å². The van der Waals surface area contributed by atoms with Gasteiger partial charge in [-0.25, -0.2) is 9.48 Å². The Balaban J connectivity index is 1.56. The number of amides is 1. The van der Waals surface area contributed by atoms with E-state index in [1.165, 1.54) is 13.2 Å². The molecule has 1 fully saturated rings. The van der Waals surface area contributed by atoms with Crippen LogP contribution >= 0.6 is 11.3 Å². The first-order valence-corrected chi connectivity index (χ1v) is 9.68. The van der Waals surface area contributed by atoms with Crippen LogP contribution in [0.1, 0.15) is 16.2 Å². The van der Waals surface area contributed by atoms with Crippen LogP contribution in [0.15, 0.2) is 27.5 Å². The molecule has 12 nitrogen and oxygen atoms in total. The minimum Gasteiger partial charge on any atom is -0.488 e. The van der Waals surface area contributed by atoms with Crippen molar-refractivity contribution in [2.24, 2.45) is 0 Å². The molecule has 0 saturated carbocycles. The number of aromatic nitrogens is 4. The minimum absolute atomic E-state index is 0.113. The standard InChI is InChI=1S/C17H18N6O6S/c1-8-3-4-18-23(8)17-22-21-16(30-17)20-14(25)12-5-9(13(27-2)15(26)29-12)19-10-6-28-7-11(10)24/h3-5,10-11,19,24H,6-7H2,1-2H3,(H,20,21,25)/t10-,11+/m0/s1. The predicted octanol–water partition coefficient (Wildman–Crippen LogP) is 0.418. The summed E-state index contributed by atoms with van der Waals surface area (Å²) in [6.07, 6.45) is 0.867. The number of carbonyl (C=O) groups excluding carboxylic acids is 1. The number of rotatable bonds is 6. The number of anilines is 2. The van der Waals surface area contributed by atoms with E-state index in [1.54, 1.807) is 10.9 Å². The van der Waals surface area contributed by atoms with E-state index in [9.17, 15) is 14.7 Å². The maximum absolute atomic E-state index is 12.6. The Morgan fingerprint density at radius 1 is 1.40 bits per heavy atom. The minimum atomic E-state index is -0.842. The van der Waals surface area contributed by atoms with Crippen LogP contribution in [0, 0.1) is 6.92 Å². The van der Waals surface area contributed by atoms with E-state index in [4.69, 9.17) is 13.9 Å². The van der Waals surface area contributed by atoms with Gasteiger partial charge in [0.1, 0.15) is 0 Å². The maximum atomic E-state index is 12.6. The fraction of sp³-hybridized carbons (Fsp3) is 0.353. The van der Waals surface area contributed by atoms with Gasteiger partial charge in [-0.3, -0.25) is 10.1 Å². The average Bonchev–Trinajstić information content (AvgIpc) is 3.44. The quantitative estimate of drug-likeness (QED) is 0.497. The summed E-state index contributed by atoms with van der Waals surface area (Å²) in [5.74, 6) is -1.07. The molecular weight excluding hydrogens is 416 g/mol. The van der Waals surface area contributed by atoms with Crippen molar-refractivity contribution in [2.75, 3.05) is 31.0 Å². The van der Waals surface area contributed by atoms with Crippen LogP contribution in [0.25, 0.3) is 5.13 Å². The van der Waals surface area contributed by atoms with E-state index in [0.29, 0.717) is 5.13 Å². The van der Waals surface area contributed by atoms with Gasteiger partial charge in [-0.05, 0) is 13.0 Å². The van der Waals surface area contributed by atoms with Crippen LogP contribution in [-0.4, -0.2) is 63.5 Å². The van der Waals surface area contributed by atoms with Gasteiger partial charge in [0.05, 0.1) is 38.2 Å². The fourth-order valence-corrected chi connectivity index (χ4v) is 3.61. The van der Waals surface area contributed by atoms with Crippen molar-refractivity contribution >= 4 is 28.1 Å². The van der Waals surface area contributed by atoms with Crippen molar-refractivity contribution in [1.82, 2.24) is 20.0 Å². The van der Waals surface area contributed by atoms with E-state index < -0.39 is 23.7 Å². The first-order chi connectivity index (χ1) is 14.5. The highest BCUT2D eigenvalue weighted by molar-refractivity contribution is 7.17. The number of ether oxygens (including phenoxy) is 2. The van der Waals surface area contributed by atoms with Gasteiger partial charge in [-0.1, -0.05) is 11.3 Å². The highest BCUT2D eigenvalue weighted by Crippen LogP contribution is 2.25. The van der Waals surface area contributed by atoms with Gasteiger partial charge < -0.3 is 24.3 Å². The molecule has 0 unspecified atom stereocenters. The number of aliphatic hydroxyl groups is 1. The van der Waals surface area contributed by atoms with Crippen LogP contribution in [0.5, 0.6) is 5.75 Å². The molecule has 30 heavy (non-hydrogen) atoms. The monoisotopic (exact) mass is 434 g/mol. The Labute approximate surface area is 173 Å². The molecule has 0 aromatic carbocycles. The molecule has 0 aliphatic carbocycles. The number of nitrogens with zero attached hydrogens (tertiary/aromatic N) is 4. The summed E-state index contributed by atoms with van der Waals surface area (Å²) in [7, 11) is 1.30. The summed E-state index contributed by atoms with van der Waals surface area (Å²) in [5.41, 5.74) is 0.226. The first-order valence-electron chi connectivity index (χ1n) is 8.86. The van der Waals surface area contributed by atoms with Gasteiger partial charge in [0, 0.05) is 18.0 Å². The van der Waals surface area contributed by atoms with Gasteiger partial charge >= 0.3 is 5.63 Å². The molecule has 0 spiro atoms. The zero-order valence-corrected chi connectivity index (χ0v) is 16.8. The fourth-order valence-electron chi connectivity index (χ4n) is 2.86. The lowest BCUT2D eigenvalue weighted by atomic mass is 10.2. The van der Waals surface area contributed by atoms with Crippen LogP contribution in [-0.2, 0) is 4.74 Å². The third-order valence-corrected chi connectivity index (χ3v) is 5.19. The average molecular weight is 434 g/mol. The topological polar surface area (TPSA) is 154 Å². The zero-order valence-electron chi connectivity index (χ0n) is 16.0. The maximum Gasteiger partial charge on any atom is 0.381 e. The van der Waals surface area contributed by atoms with Crippen molar-refractivity contribution in [2.45, 2.75) is 19.1 Å². The second kappa shape index (κ2) is 8.22. The van der Waals surface area contributed by atoms with Gasteiger partial charge in [0.15, 0.2) is 5.76 Å². The lowest BCUT2D eigenvalue weighted by Gasteiger charge is -2.17. The highest BCUT2D eigenvalue weighted by Gasteiger charge is 2.28. The summed E-state index contributed by atoms with van der Waals surface area (Å²) in [6, 6.07) is 2.67. The molecule has 158 valence electrons. The zero-order chi connectivity index (χ0) is 21.3. The largest absolute Gasteiger partial charge is 0.488 e. The van der Waals surface area contributed by atoms with Crippen molar-refractivity contribution in [3.8, 4) is 10.9 Å². The SMILES string of the molecule is COc1c(N[C@H]2COC[C@H]2O)cc(C(=O)Nc2nnc(-n3nccc3C)s2)oc1=O. The van der Waals surface area contributed by atoms with Crippen molar-refractivity contribution in [3.63, 3.8) is 0 Å². The van der Waals surface area contributed by atoms with Gasteiger partial charge in [-0.15, -0.1) is 10.2 Å². The predicted molar refractivity (Wildman–Crippen MR) is 105 cm³/mol. The van der Waals surface area contributed by atoms with Crippen LogP contribution in [0.3, 0.4) is 0 Å². The number of hydrogen-bond donors (Lipinski definition) is 3. The smallest absolute Gasteiger partial charge is 0.381 e. The third-order valence-electron chi connectivity index (χ3n) is 4.38. The van der Waals surface area contributed by atoms with E-state index in [0.717, 1.165) is 17.0 Å². The molecule has 13 heteroatoms. The second-order valence-corrected chi connectivity index (χ2v) is 7.38. The molecule has 1 aliphatic rings. The summed E-state index contributed by atoms with van der Waals surface area (Å²) >= 11 is 1.11. The molecule has 1 saturated heterocycles.